The van der Waals surface area contributed by atoms with E-state index < -0.39 is 17.4 Å². The molecule has 2 amide bonds. The third kappa shape index (κ3) is 4.21. The van der Waals surface area contributed by atoms with E-state index in [0.29, 0.717) is 23.6 Å². The number of benzene rings is 1. The van der Waals surface area contributed by atoms with Gasteiger partial charge >= 0.3 is 11.8 Å². The number of carbonyl (C=O) groups is 2. The molecule has 5 nitrogen and oxygen atoms in total. The summed E-state index contributed by atoms with van der Waals surface area (Å²) in [6, 6.07) is 5.20. The summed E-state index contributed by atoms with van der Waals surface area (Å²) >= 11 is 6.08. The van der Waals surface area contributed by atoms with Crippen LogP contribution in [-0.4, -0.2) is 29.1 Å². The van der Waals surface area contributed by atoms with E-state index in [1.807, 2.05) is 13.0 Å². The second kappa shape index (κ2) is 7.11. The molecule has 1 saturated carbocycles. The van der Waals surface area contributed by atoms with E-state index in [1.54, 1.807) is 12.1 Å². The van der Waals surface area contributed by atoms with Crippen molar-refractivity contribution in [2.75, 3.05) is 11.9 Å². The number of aliphatic hydroxyl groups is 1. The van der Waals surface area contributed by atoms with Crippen molar-refractivity contribution in [3.05, 3.63) is 28.8 Å². The summed E-state index contributed by atoms with van der Waals surface area (Å²) in [4.78, 5) is 23.7. The quantitative estimate of drug-likeness (QED) is 0.747. The molecule has 0 aromatic heterocycles. The highest BCUT2D eigenvalue weighted by Crippen LogP contribution is 2.27. The summed E-state index contributed by atoms with van der Waals surface area (Å²) in [7, 11) is 0. The van der Waals surface area contributed by atoms with Crippen molar-refractivity contribution in [2.24, 2.45) is 0 Å². The largest absolute Gasteiger partial charge is 0.388 e. The van der Waals surface area contributed by atoms with Crippen molar-refractivity contribution in [2.45, 2.75) is 44.6 Å². The Hall–Kier alpha value is -1.59. The van der Waals surface area contributed by atoms with E-state index in [-0.39, 0.29) is 6.54 Å². The molecule has 1 aliphatic carbocycles. The minimum atomic E-state index is -0.894. The van der Waals surface area contributed by atoms with Crippen LogP contribution in [0.1, 0.15) is 37.7 Å². The Labute approximate surface area is 135 Å². The van der Waals surface area contributed by atoms with Gasteiger partial charge in [0.05, 0.1) is 16.3 Å². The van der Waals surface area contributed by atoms with Crippen LogP contribution in [0.15, 0.2) is 18.2 Å². The number of halogens is 1. The zero-order valence-corrected chi connectivity index (χ0v) is 13.4. The van der Waals surface area contributed by atoms with Gasteiger partial charge in [-0.3, -0.25) is 9.59 Å². The Kier molecular flexibility index (Phi) is 5.42. The molecule has 0 aliphatic heterocycles. The zero-order valence-electron chi connectivity index (χ0n) is 12.6. The summed E-state index contributed by atoms with van der Waals surface area (Å²) < 4.78 is 0. The van der Waals surface area contributed by atoms with Gasteiger partial charge in [0, 0.05) is 6.54 Å². The van der Waals surface area contributed by atoms with E-state index >= 15 is 0 Å². The number of hydrogen-bond donors (Lipinski definition) is 3. The van der Waals surface area contributed by atoms with Gasteiger partial charge in [-0.2, -0.15) is 0 Å². The van der Waals surface area contributed by atoms with E-state index in [1.165, 1.54) is 0 Å². The normalized spacial score (nSPS) is 16.9. The van der Waals surface area contributed by atoms with Gasteiger partial charge in [0.15, 0.2) is 0 Å². The van der Waals surface area contributed by atoms with Gasteiger partial charge < -0.3 is 15.7 Å². The maximum atomic E-state index is 11.9. The highest BCUT2D eigenvalue weighted by atomic mass is 35.5. The van der Waals surface area contributed by atoms with Crippen molar-refractivity contribution < 1.29 is 14.7 Å². The maximum absolute atomic E-state index is 11.9. The Morgan fingerprint density at radius 2 is 1.91 bits per heavy atom. The molecular formula is C16H21ClN2O3. The summed E-state index contributed by atoms with van der Waals surface area (Å²) in [5, 5.41) is 15.7. The van der Waals surface area contributed by atoms with Crippen LogP contribution in [0.25, 0.3) is 0 Å². The predicted molar refractivity (Wildman–Crippen MR) is 85.9 cm³/mol. The van der Waals surface area contributed by atoms with Crippen LogP contribution in [0.3, 0.4) is 0 Å². The molecule has 0 unspecified atom stereocenters. The molecule has 22 heavy (non-hydrogen) atoms. The first-order valence-corrected chi connectivity index (χ1v) is 7.86. The van der Waals surface area contributed by atoms with Crippen molar-refractivity contribution in [1.29, 1.82) is 0 Å². The van der Waals surface area contributed by atoms with Gasteiger partial charge in [-0.1, -0.05) is 43.0 Å². The molecule has 1 fully saturated rings. The predicted octanol–water partition coefficient (Wildman–Crippen LogP) is 2.40. The summed E-state index contributed by atoms with van der Waals surface area (Å²) in [6.07, 6.45) is 4.29. The Balaban J connectivity index is 1.89. The first-order valence-electron chi connectivity index (χ1n) is 7.48. The molecule has 0 saturated heterocycles. The molecule has 6 heteroatoms. The van der Waals surface area contributed by atoms with Crippen LogP contribution < -0.4 is 10.6 Å². The second-order valence-electron chi connectivity index (χ2n) is 5.86. The molecule has 1 aromatic rings. The lowest BCUT2D eigenvalue weighted by molar-refractivity contribution is -0.137. The van der Waals surface area contributed by atoms with Crippen LogP contribution >= 0.6 is 11.6 Å². The van der Waals surface area contributed by atoms with Gasteiger partial charge in [-0.05, 0) is 31.4 Å². The number of rotatable bonds is 3. The number of aryl methyl sites for hydroxylation is 1. The molecule has 3 N–H and O–H groups in total. The number of hydrogen-bond acceptors (Lipinski definition) is 3. The van der Waals surface area contributed by atoms with E-state index in [0.717, 1.165) is 24.8 Å². The summed E-state index contributed by atoms with van der Waals surface area (Å²) in [5.74, 6) is -1.55. The van der Waals surface area contributed by atoms with E-state index in [4.69, 9.17) is 11.6 Å². The van der Waals surface area contributed by atoms with E-state index in [9.17, 15) is 14.7 Å². The third-order valence-electron chi connectivity index (χ3n) is 4.01. The summed E-state index contributed by atoms with van der Waals surface area (Å²) in [5.41, 5.74) is 0.324. The number of amides is 2. The van der Waals surface area contributed by atoms with Gasteiger partial charge in [0.1, 0.15) is 0 Å². The molecule has 0 heterocycles. The second-order valence-corrected chi connectivity index (χ2v) is 6.24. The Morgan fingerprint density at radius 3 is 2.59 bits per heavy atom. The zero-order chi connectivity index (χ0) is 16.2. The summed E-state index contributed by atoms with van der Waals surface area (Å²) in [6.45, 7) is 1.91. The van der Waals surface area contributed by atoms with Crippen LogP contribution in [0, 0.1) is 6.92 Å². The lowest BCUT2D eigenvalue weighted by atomic mass is 9.85. The highest BCUT2D eigenvalue weighted by molar-refractivity contribution is 6.41. The topological polar surface area (TPSA) is 78.4 Å². The molecule has 0 bridgehead atoms. The highest BCUT2D eigenvalue weighted by Gasteiger charge is 2.30. The van der Waals surface area contributed by atoms with Gasteiger partial charge in [-0.25, -0.2) is 0 Å². The molecular weight excluding hydrogens is 304 g/mol. The number of nitrogens with one attached hydrogen (secondary N) is 2. The minimum absolute atomic E-state index is 0.0980. The third-order valence-corrected chi connectivity index (χ3v) is 4.51. The Morgan fingerprint density at radius 1 is 1.23 bits per heavy atom. The standard InChI is InChI=1S/C16H21ClN2O3/c1-11-6-5-7-12(13(11)17)19-15(21)14(20)18-10-16(22)8-3-2-4-9-16/h5-7,22H,2-4,8-10H2,1H3,(H,18,20)(H,19,21). The van der Waals surface area contributed by atoms with Crippen molar-refractivity contribution in [3.8, 4) is 0 Å². The van der Waals surface area contributed by atoms with Crippen molar-refractivity contribution in [1.82, 2.24) is 5.32 Å². The van der Waals surface area contributed by atoms with Gasteiger partial charge in [-0.15, -0.1) is 0 Å². The lowest BCUT2D eigenvalue weighted by Gasteiger charge is -2.31. The fourth-order valence-corrected chi connectivity index (χ4v) is 2.81. The average molecular weight is 325 g/mol. The molecule has 1 aromatic carbocycles. The molecule has 0 spiro atoms. The van der Waals surface area contributed by atoms with Crippen LogP contribution in [0.2, 0.25) is 5.02 Å². The number of anilines is 1. The smallest absolute Gasteiger partial charge is 0.313 e. The first-order chi connectivity index (χ1) is 10.4. The molecule has 120 valence electrons. The average Bonchev–Trinajstić information content (AvgIpc) is 2.50. The van der Waals surface area contributed by atoms with E-state index in [2.05, 4.69) is 10.6 Å². The van der Waals surface area contributed by atoms with Crippen LogP contribution in [-0.2, 0) is 9.59 Å². The maximum Gasteiger partial charge on any atom is 0.313 e. The van der Waals surface area contributed by atoms with Gasteiger partial charge in [0.25, 0.3) is 0 Å². The van der Waals surface area contributed by atoms with Gasteiger partial charge in [0.2, 0.25) is 0 Å². The first kappa shape index (κ1) is 16.8. The molecule has 0 radical (unpaired) electrons. The van der Waals surface area contributed by atoms with Crippen LogP contribution in [0.4, 0.5) is 5.69 Å². The fraction of sp³-hybridized carbons (Fsp3) is 0.500. The Bertz CT molecular complexity index is 569. The monoisotopic (exact) mass is 324 g/mol. The molecule has 2 rings (SSSR count). The SMILES string of the molecule is Cc1cccc(NC(=O)C(=O)NCC2(O)CCCCC2)c1Cl. The fourth-order valence-electron chi connectivity index (χ4n) is 2.63. The van der Waals surface area contributed by atoms with Crippen molar-refractivity contribution in [3.63, 3.8) is 0 Å². The minimum Gasteiger partial charge on any atom is -0.388 e. The number of carbonyl (C=O) groups excluding carboxylic acids is 2. The lowest BCUT2D eigenvalue weighted by Crippen LogP contribution is -2.47. The molecule has 0 atom stereocenters. The molecule has 1 aliphatic rings. The van der Waals surface area contributed by atoms with Crippen LogP contribution in [0.5, 0.6) is 0 Å². The van der Waals surface area contributed by atoms with Crippen molar-refractivity contribution >= 4 is 29.1 Å².